The maximum atomic E-state index is 14.7. The van der Waals surface area contributed by atoms with Crippen LogP contribution in [-0.4, -0.2) is 49.1 Å². The van der Waals surface area contributed by atoms with Gasteiger partial charge in [-0.2, -0.15) is 0 Å². The fraction of sp³-hybridized carbons (Fsp3) is 0.370. The van der Waals surface area contributed by atoms with Gasteiger partial charge in [-0.1, -0.05) is 51.1 Å². The van der Waals surface area contributed by atoms with Crippen molar-refractivity contribution in [3.8, 4) is 11.3 Å². The zero-order valence-corrected chi connectivity index (χ0v) is 23.2. The number of hydrogen-bond acceptors (Lipinski definition) is 4. The van der Waals surface area contributed by atoms with Gasteiger partial charge < -0.3 is 19.9 Å². The van der Waals surface area contributed by atoms with Crippen molar-refractivity contribution in [2.75, 3.05) is 19.7 Å². The summed E-state index contributed by atoms with van der Waals surface area (Å²) in [6.07, 6.45) is 2.12. The molecular formula is C27H31F2IN4O3. The first-order valence-corrected chi connectivity index (χ1v) is 13.0. The number of hydrogen-bond donors (Lipinski definition) is 2. The van der Waals surface area contributed by atoms with Crippen LogP contribution in [0.5, 0.6) is 0 Å². The first kappa shape index (κ1) is 28.7. The number of benzene rings is 2. The van der Waals surface area contributed by atoms with E-state index in [0.29, 0.717) is 25.3 Å². The molecule has 0 unspecified atom stereocenters. The van der Waals surface area contributed by atoms with E-state index in [1.807, 2.05) is 55.7 Å². The van der Waals surface area contributed by atoms with E-state index in [-0.39, 0.29) is 21.7 Å². The van der Waals surface area contributed by atoms with Gasteiger partial charge in [0, 0.05) is 54.0 Å². The van der Waals surface area contributed by atoms with E-state index in [9.17, 15) is 23.5 Å². The molecule has 0 aliphatic carbocycles. The predicted octanol–water partition coefficient (Wildman–Crippen LogP) is 5.32. The van der Waals surface area contributed by atoms with Crippen LogP contribution < -0.4 is 5.32 Å². The first-order chi connectivity index (χ1) is 17.5. The molecule has 0 aliphatic heterocycles. The van der Waals surface area contributed by atoms with E-state index in [2.05, 4.69) is 5.32 Å². The van der Waals surface area contributed by atoms with Crippen molar-refractivity contribution in [3.05, 3.63) is 77.8 Å². The molecule has 10 heteroatoms. The van der Waals surface area contributed by atoms with Crippen molar-refractivity contribution >= 4 is 32.4 Å². The molecular weight excluding hydrogens is 593 g/mol. The Labute approximate surface area is 229 Å². The summed E-state index contributed by atoms with van der Waals surface area (Å²) in [4.78, 5) is 30.6. The van der Waals surface area contributed by atoms with Gasteiger partial charge >= 0.3 is 0 Å². The number of amides is 2. The monoisotopic (exact) mass is 624 g/mol. The normalized spacial score (nSPS) is 12.3. The third kappa shape index (κ3) is 7.57. The van der Waals surface area contributed by atoms with Crippen LogP contribution >= 0.6 is 22.6 Å². The second kappa shape index (κ2) is 12.6. The zero-order chi connectivity index (χ0) is 27.2. The van der Waals surface area contributed by atoms with Crippen molar-refractivity contribution in [2.24, 2.45) is 5.41 Å². The summed E-state index contributed by atoms with van der Waals surface area (Å²) in [5, 5.41) is 12.5. The standard InChI is InChI=1S/C27H31F2IN4O3/c1-27(2,3)24(34(23(36)17-35)13-7-12-31-26(30)37)25-32-22(20-14-19(28)10-11-21(20)29)16-33(25)15-18-8-5-4-6-9-18/h4-6,8-11,14,16,24,35H,7,12-13,15,17H2,1-3H3,(H,31,37)/t24-/m0/s1. The minimum absolute atomic E-state index is 0.0190. The Balaban J connectivity index is 2.13. The van der Waals surface area contributed by atoms with Crippen molar-refractivity contribution in [1.29, 1.82) is 0 Å². The molecule has 0 bridgehead atoms. The summed E-state index contributed by atoms with van der Waals surface area (Å²) in [7, 11) is 0. The summed E-state index contributed by atoms with van der Waals surface area (Å²) >= 11 is 1.64. The molecule has 2 amide bonds. The molecule has 2 aromatic carbocycles. The van der Waals surface area contributed by atoms with Crippen molar-refractivity contribution in [2.45, 2.75) is 39.8 Å². The lowest BCUT2D eigenvalue weighted by atomic mass is 9.84. The number of imidazole rings is 1. The lowest BCUT2D eigenvalue weighted by Crippen LogP contribution is -2.44. The number of rotatable bonds is 10. The lowest BCUT2D eigenvalue weighted by molar-refractivity contribution is -0.139. The van der Waals surface area contributed by atoms with Crippen LogP contribution in [0, 0.1) is 17.0 Å². The SMILES string of the molecule is CC(C)(C)[C@H](c1nc(-c2cc(F)ccc2F)cn1Cc1ccccc1)N(CCCNC(=O)I)C(=O)CO. The van der Waals surface area contributed by atoms with Gasteiger partial charge in [-0.05, 0) is 35.6 Å². The van der Waals surface area contributed by atoms with Crippen molar-refractivity contribution in [1.82, 2.24) is 19.8 Å². The summed E-state index contributed by atoms with van der Waals surface area (Å²) in [5.74, 6) is -1.21. The van der Waals surface area contributed by atoms with Gasteiger partial charge in [0.05, 0.1) is 11.7 Å². The first-order valence-electron chi connectivity index (χ1n) is 11.9. The summed E-state index contributed by atoms with van der Waals surface area (Å²) in [5.41, 5.74) is 0.677. The van der Waals surface area contributed by atoms with Crippen LogP contribution in [0.15, 0.2) is 54.7 Å². The second-order valence-corrected chi connectivity index (χ2v) is 10.8. The molecule has 1 aromatic heterocycles. The van der Waals surface area contributed by atoms with E-state index >= 15 is 0 Å². The van der Waals surface area contributed by atoms with E-state index in [0.717, 1.165) is 23.8 Å². The fourth-order valence-electron chi connectivity index (χ4n) is 4.30. The average molecular weight is 624 g/mol. The number of carbonyl (C=O) groups is 2. The lowest BCUT2D eigenvalue weighted by Gasteiger charge is -2.40. The summed E-state index contributed by atoms with van der Waals surface area (Å²) < 4.78 is 30.4. The Morgan fingerprint density at radius 2 is 1.86 bits per heavy atom. The minimum atomic E-state index is -0.698. The highest BCUT2D eigenvalue weighted by atomic mass is 127. The molecule has 1 atom stereocenters. The molecule has 0 spiro atoms. The molecule has 2 N–H and O–H groups in total. The average Bonchev–Trinajstić information content (AvgIpc) is 3.24. The molecule has 0 aliphatic rings. The van der Waals surface area contributed by atoms with Gasteiger partial charge in [0.2, 0.25) is 5.91 Å². The number of carbonyl (C=O) groups excluding carboxylic acids is 2. The molecule has 3 aromatic rings. The van der Waals surface area contributed by atoms with Gasteiger partial charge in [0.1, 0.15) is 24.1 Å². The van der Waals surface area contributed by atoms with Gasteiger partial charge in [0.25, 0.3) is 3.91 Å². The topological polar surface area (TPSA) is 87.5 Å². The molecule has 7 nitrogen and oxygen atoms in total. The number of aromatic nitrogens is 2. The van der Waals surface area contributed by atoms with Crippen LogP contribution in [-0.2, 0) is 11.3 Å². The maximum Gasteiger partial charge on any atom is 0.280 e. The summed E-state index contributed by atoms with van der Waals surface area (Å²) in [6.45, 7) is 6.14. The highest BCUT2D eigenvalue weighted by Gasteiger charge is 2.38. The van der Waals surface area contributed by atoms with Gasteiger partial charge in [-0.3, -0.25) is 9.59 Å². The Hall–Kier alpha value is -2.86. The van der Waals surface area contributed by atoms with Gasteiger partial charge in [-0.25, -0.2) is 13.8 Å². The Morgan fingerprint density at radius 3 is 2.49 bits per heavy atom. The molecule has 37 heavy (non-hydrogen) atoms. The van der Waals surface area contributed by atoms with Crippen LogP contribution in [0.25, 0.3) is 11.3 Å². The second-order valence-electron chi connectivity index (χ2n) is 9.79. The molecule has 1 heterocycles. The Morgan fingerprint density at radius 1 is 1.16 bits per heavy atom. The largest absolute Gasteiger partial charge is 0.387 e. The van der Waals surface area contributed by atoms with Crippen LogP contribution in [0.3, 0.4) is 0 Å². The Bertz CT molecular complexity index is 1230. The number of nitrogens with zero attached hydrogens (tertiary/aromatic N) is 3. The van der Waals surface area contributed by atoms with Crippen molar-refractivity contribution in [3.63, 3.8) is 0 Å². The molecule has 0 radical (unpaired) electrons. The van der Waals surface area contributed by atoms with Crippen LogP contribution in [0.2, 0.25) is 0 Å². The van der Waals surface area contributed by atoms with E-state index in [1.165, 1.54) is 0 Å². The maximum absolute atomic E-state index is 14.7. The number of halogens is 3. The van der Waals surface area contributed by atoms with E-state index < -0.39 is 35.6 Å². The predicted molar refractivity (Wildman–Crippen MR) is 146 cm³/mol. The quantitative estimate of drug-likeness (QED) is 0.139. The highest BCUT2D eigenvalue weighted by Crippen LogP contribution is 2.39. The van der Waals surface area contributed by atoms with Crippen molar-refractivity contribution < 1.29 is 23.5 Å². The van der Waals surface area contributed by atoms with Gasteiger partial charge in [0.15, 0.2) is 0 Å². The number of aliphatic hydroxyl groups excluding tert-OH is 1. The molecule has 198 valence electrons. The van der Waals surface area contributed by atoms with E-state index in [1.54, 1.807) is 33.7 Å². The molecule has 0 saturated heterocycles. The number of nitrogens with one attached hydrogen (secondary N) is 1. The molecule has 3 rings (SSSR count). The molecule has 0 saturated carbocycles. The third-order valence-electron chi connectivity index (χ3n) is 5.88. The number of aliphatic hydroxyl groups is 1. The third-order valence-corrected chi connectivity index (χ3v) is 6.26. The Kier molecular flexibility index (Phi) is 9.77. The molecule has 0 fully saturated rings. The smallest absolute Gasteiger partial charge is 0.280 e. The van der Waals surface area contributed by atoms with E-state index in [4.69, 9.17) is 4.98 Å². The van der Waals surface area contributed by atoms with Crippen LogP contribution in [0.4, 0.5) is 13.6 Å². The zero-order valence-electron chi connectivity index (χ0n) is 21.0. The van der Waals surface area contributed by atoms with Gasteiger partial charge in [-0.15, -0.1) is 0 Å². The van der Waals surface area contributed by atoms with Crippen LogP contribution in [0.1, 0.15) is 44.6 Å². The minimum Gasteiger partial charge on any atom is -0.387 e. The highest BCUT2D eigenvalue weighted by molar-refractivity contribution is 14.1. The summed E-state index contributed by atoms with van der Waals surface area (Å²) in [6, 6.07) is 12.2. The fourth-order valence-corrected chi connectivity index (χ4v) is 4.57.